The van der Waals surface area contributed by atoms with Gasteiger partial charge in [0, 0.05) is 25.7 Å². The highest BCUT2D eigenvalue weighted by Crippen LogP contribution is 2.33. The number of hydrogen-bond donors (Lipinski definition) is 1. The fourth-order valence-corrected chi connectivity index (χ4v) is 3.75. The van der Waals surface area contributed by atoms with Gasteiger partial charge in [-0.3, -0.25) is 14.4 Å². The van der Waals surface area contributed by atoms with Crippen molar-refractivity contribution in [3.63, 3.8) is 0 Å². The third kappa shape index (κ3) is 3.81. The first kappa shape index (κ1) is 19.0. The fraction of sp³-hybridized carbons (Fsp3) is 0.318. The molecule has 0 unspecified atom stereocenters. The second kappa shape index (κ2) is 7.95. The summed E-state index contributed by atoms with van der Waals surface area (Å²) >= 11 is 0. The molecule has 3 amide bonds. The monoisotopic (exact) mass is 393 g/mol. The van der Waals surface area contributed by atoms with Crippen molar-refractivity contribution in [1.29, 1.82) is 0 Å². The predicted molar refractivity (Wildman–Crippen MR) is 109 cm³/mol. The lowest BCUT2D eigenvalue weighted by atomic mass is 10.1. The maximum atomic E-state index is 13.1. The molecule has 0 spiro atoms. The van der Waals surface area contributed by atoms with Gasteiger partial charge in [0.25, 0.3) is 5.91 Å². The van der Waals surface area contributed by atoms with Gasteiger partial charge in [0.05, 0.1) is 18.7 Å². The van der Waals surface area contributed by atoms with Crippen LogP contribution in [0.2, 0.25) is 0 Å². The molecule has 0 aliphatic carbocycles. The third-order valence-corrected chi connectivity index (χ3v) is 5.29. The number of likely N-dealkylation sites (N-methyl/N-ethyl adjacent to an activating group) is 1. The molecule has 29 heavy (non-hydrogen) atoms. The van der Waals surface area contributed by atoms with Crippen molar-refractivity contribution >= 4 is 29.1 Å². The molecular formula is C22H23N3O4. The van der Waals surface area contributed by atoms with Crippen LogP contribution in [0.5, 0.6) is 5.75 Å². The number of para-hydroxylation sites is 2. The summed E-state index contributed by atoms with van der Waals surface area (Å²) in [5.74, 6) is 0.277. The summed E-state index contributed by atoms with van der Waals surface area (Å²) in [6.07, 6.45) is 0.913. The van der Waals surface area contributed by atoms with Crippen LogP contribution in [0, 0.1) is 0 Å². The molecule has 1 atom stereocenters. The Bertz CT molecular complexity index is 941. The SMILES string of the molecule is CNC(=O)[C@H]1CN(C(=O)Cc2ccc(N3CCCC3=O)cc2)c2ccccc2O1. The second-order valence-electron chi connectivity index (χ2n) is 7.18. The van der Waals surface area contributed by atoms with Gasteiger partial charge < -0.3 is 19.9 Å². The molecule has 0 bridgehead atoms. The van der Waals surface area contributed by atoms with E-state index in [9.17, 15) is 14.4 Å². The number of carbonyl (C=O) groups is 3. The number of nitrogens with zero attached hydrogens (tertiary/aromatic N) is 2. The average Bonchev–Trinajstić information content (AvgIpc) is 3.18. The van der Waals surface area contributed by atoms with E-state index < -0.39 is 6.10 Å². The molecule has 0 radical (unpaired) electrons. The molecule has 7 heteroatoms. The van der Waals surface area contributed by atoms with Gasteiger partial charge in [0.15, 0.2) is 6.10 Å². The normalized spacial score (nSPS) is 18.2. The predicted octanol–water partition coefficient (Wildman–Crippen LogP) is 1.90. The van der Waals surface area contributed by atoms with Gasteiger partial charge in [0.2, 0.25) is 11.8 Å². The Balaban J connectivity index is 1.51. The van der Waals surface area contributed by atoms with Gasteiger partial charge in [-0.05, 0) is 36.2 Å². The first-order valence-electron chi connectivity index (χ1n) is 9.74. The molecule has 150 valence electrons. The standard InChI is InChI=1S/C22H23N3O4/c1-23-22(28)19-14-25(17-5-2-3-6-18(17)29-19)21(27)13-15-8-10-16(11-9-15)24-12-4-7-20(24)26/h2-3,5-6,8-11,19H,4,7,12-14H2,1H3,(H,23,28)/t19-/m1/s1. The number of rotatable bonds is 4. The van der Waals surface area contributed by atoms with Crippen LogP contribution in [0.3, 0.4) is 0 Å². The molecule has 7 nitrogen and oxygen atoms in total. The van der Waals surface area contributed by atoms with E-state index in [1.165, 1.54) is 0 Å². The topological polar surface area (TPSA) is 79.0 Å². The van der Waals surface area contributed by atoms with Crippen molar-refractivity contribution in [2.45, 2.75) is 25.4 Å². The number of ether oxygens (including phenoxy) is 1. The average molecular weight is 393 g/mol. The van der Waals surface area contributed by atoms with Crippen molar-refractivity contribution in [3.05, 3.63) is 54.1 Å². The number of hydrogen-bond acceptors (Lipinski definition) is 4. The van der Waals surface area contributed by atoms with Crippen LogP contribution in [0.4, 0.5) is 11.4 Å². The van der Waals surface area contributed by atoms with E-state index in [4.69, 9.17) is 4.74 Å². The van der Waals surface area contributed by atoms with E-state index in [1.54, 1.807) is 22.9 Å². The van der Waals surface area contributed by atoms with Gasteiger partial charge >= 0.3 is 0 Å². The Kier molecular flexibility index (Phi) is 5.20. The van der Waals surface area contributed by atoms with Crippen molar-refractivity contribution in [2.75, 3.05) is 29.9 Å². The van der Waals surface area contributed by atoms with Crippen molar-refractivity contribution < 1.29 is 19.1 Å². The second-order valence-corrected chi connectivity index (χ2v) is 7.18. The van der Waals surface area contributed by atoms with E-state index in [1.807, 2.05) is 42.5 Å². The van der Waals surface area contributed by atoms with Gasteiger partial charge in [-0.15, -0.1) is 0 Å². The van der Waals surface area contributed by atoms with Crippen LogP contribution in [0.15, 0.2) is 48.5 Å². The molecule has 4 rings (SSSR count). The molecule has 2 heterocycles. The third-order valence-electron chi connectivity index (χ3n) is 5.29. The summed E-state index contributed by atoms with van der Waals surface area (Å²) in [4.78, 5) is 40.4. The van der Waals surface area contributed by atoms with E-state index in [-0.39, 0.29) is 30.7 Å². The fourth-order valence-electron chi connectivity index (χ4n) is 3.75. The van der Waals surface area contributed by atoms with Crippen molar-refractivity contribution in [2.24, 2.45) is 0 Å². The number of amides is 3. The zero-order valence-electron chi connectivity index (χ0n) is 16.3. The summed E-state index contributed by atoms with van der Waals surface area (Å²) in [5.41, 5.74) is 2.38. The Morgan fingerprint density at radius 1 is 1.14 bits per heavy atom. The molecule has 2 aliphatic heterocycles. The van der Waals surface area contributed by atoms with Gasteiger partial charge in [0.1, 0.15) is 5.75 Å². The largest absolute Gasteiger partial charge is 0.477 e. The maximum absolute atomic E-state index is 13.1. The van der Waals surface area contributed by atoms with E-state index in [0.29, 0.717) is 17.9 Å². The zero-order valence-corrected chi connectivity index (χ0v) is 16.3. The van der Waals surface area contributed by atoms with Gasteiger partial charge in [-0.25, -0.2) is 0 Å². The molecular weight excluding hydrogens is 370 g/mol. The maximum Gasteiger partial charge on any atom is 0.262 e. The van der Waals surface area contributed by atoms with Crippen molar-refractivity contribution in [1.82, 2.24) is 5.32 Å². The van der Waals surface area contributed by atoms with Crippen LogP contribution >= 0.6 is 0 Å². The molecule has 0 aromatic heterocycles. The lowest BCUT2D eigenvalue weighted by Gasteiger charge is -2.34. The van der Waals surface area contributed by atoms with Crippen LogP contribution in [-0.4, -0.2) is 44.0 Å². The van der Waals surface area contributed by atoms with Gasteiger partial charge in [-0.2, -0.15) is 0 Å². The minimum absolute atomic E-state index is 0.111. The highest BCUT2D eigenvalue weighted by molar-refractivity contribution is 5.98. The molecule has 0 saturated carbocycles. The molecule has 2 aromatic carbocycles. The quantitative estimate of drug-likeness (QED) is 0.861. The first-order valence-corrected chi connectivity index (χ1v) is 9.74. The van der Waals surface area contributed by atoms with Crippen LogP contribution in [-0.2, 0) is 20.8 Å². The summed E-state index contributed by atoms with van der Waals surface area (Å²) in [6, 6.07) is 14.7. The summed E-state index contributed by atoms with van der Waals surface area (Å²) in [6.45, 7) is 0.901. The number of benzene rings is 2. The Labute approximate surface area is 169 Å². The number of carbonyl (C=O) groups excluding carboxylic acids is 3. The Morgan fingerprint density at radius 2 is 1.90 bits per heavy atom. The van der Waals surface area contributed by atoms with E-state index in [2.05, 4.69) is 5.32 Å². The lowest BCUT2D eigenvalue weighted by molar-refractivity contribution is -0.128. The first-order chi connectivity index (χ1) is 14.1. The minimum Gasteiger partial charge on any atom is -0.477 e. The number of fused-ring (bicyclic) bond motifs is 1. The van der Waals surface area contributed by atoms with Crippen LogP contribution in [0.1, 0.15) is 18.4 Å². The summed E-state index contributed by atoms with van der Waals surface area (Å²) < 4.78 is 5.75. The Morgan fingerprint density at radius 3 is 2.59 bits per heavy atom. The highest BCUT2D eigenvalue weighted by Gasteiger charge is 2.33. The number of nitrogens with one attached hydrogen (secondary N) is 1. The zero-order chi connectivity index (χ0) is 20.4. The lowest BCUT2D eigenvalue weighted by Crippen LogP contribution is -2.50. The number of anilines is 2. The summed E-state index contributed by atoms with van der Waals surface area (Å²) in [5, 5.41) is 2.58. The smallest absolute Gasteiger partial charge is 0.262 e. The molecule has 2 aromatic rings. The molecule has 1 N–H and O–H groups in total. The van der Waals surface area contributed by atoms with Crippen molar-refractivity contribution in [3.8, 4) is 5.75 Å². The highest BCUT2D eigenvalue weighted by atomic mass is 16.5. The van der Waals surface area contributed by atoms with Gasteiger partial charge in [-0.1, -0.05) is 24.3 Å². The Hall–Kier alpha value is -3.35. The summed E-state index contributed by atoms with van der Waals surface area (Å²) in [7, 11) is 1.55. The van der Waals surface area contributed by atoms with E-state index >= 15 is 0 Å². The molecule has 1 fully saturated rings. The van der Waals surface area contributed by atoms with Crippen LogP contribution < -0.4 is 19.9 Å². The van der Waals surface area contributed by atoms with E-state index in [0.717, 1.165) is 24.2 Å². The molecule has 1 saturated heterocycles. The molecule has 2 aliphatic rings. The minimum atomic E-state index is -0.748. The van der Waals surface area contributed by atoms with Crippen LogP contribution in [0.25, 0.3) is 0 Å².